The van der Waals surface area contributed by atoms with E-state index >= 15 is 0 Å². The summed E-state index contributed by atoms with van der Waals surface area (Å²) >= 11 is 0. The van der Waals surface area contributed by atoms with Crippen LogP contribution in [0.1, 0.15) is 37.3 Å². The fourth-order valence-electron chi connectivity index (χ4n) is 5.04. The molecular formula is C24H25N5O. The maximum absolute atomic E-state index is 5.71. The van der Waals surface area contributed by atoms with E-state index in [9.17, 15) is 0 Å². The number of fused-ring (bicyclic) bond motifs is 3. The fourth-order valence-corrected chi connectivity index (χ4v) is 5.04. The minimum Gasteiger partial charge on any atom is -0.488 e. The highest BCUT2D eigenvalue weighted by molar-refractivity contribution is 5.84. The molecule has 2 unspecified atom stereocenters. The van der Waals surface area contributed by atoms with Crippen molar-refractivity contribution in [2.45, 2.75) is 38.1 Å². The second kappa shape index (κ2) is 7.27. The molecule has 2 atom stereocenters. The highest BCUT2D eigenvalue weighted by Crippen LogP contribution is 2.38. The summed E-state index contributed by atoms with van der Waals surface area (Å²) in [4.78, 5) is 13.4. The van der Waals surface area contributed by atoms with Crippen LogP contribution in [0.15, 0.2) is 49.1 Å². The molecule has 2 aliphatic rings. The number of hydrogen-bond acceptors (Lipinski definition) is 5. The van der Waals surface area contributed by atoms with Gasteiger partial charge in [-0.1, -0.05) is 12.1 Å². The Bertz CT molecular complexity index is 1220. The molecule has 152 valence electrons. The zero-order valence-electron chi connectivity index (χ0n) is 16.9. The van der Waals surface area contributed by atoms with E-state index in [1.165, 1.54) is 31.2 Å². The number of hydrogen-bond donors (Lipinski definition) is 1. The Labute approximate surface area is 175 Å². The molecule has 6 heteroatoms. The van der Waals surface area contributed by atoms with Crippen LogP contribution in [-0.4, -0.2) is 32.7 Å². The summed E-state index contributed by atoms with van der Waals surface area (Å²) in [6.07, 6.45) is 11.8. The Morgan fingerprint density at radius 1 is 1.13 bits per heavy atom. The number of ether oxygens (including phenoxy) is 1. The van der Waals surface area contributed by atoms with Gasteiger partial charge in [0, 0.05) is 29.2 Å². The van der Waals surface area contributed by atoms with E-state index in [-0.39, 0.29) is 0 Å². The zero-order valence-corrected chi connectivity index (χ0v) is 16.9. The molecular weight excluding hydrogens is 374 g/mol. The van der Waals surface area contributed by atoms with Crippen LogP contribution in [-0.2, 0) is 6.42 Å². The molecule has 3 aromatic heterocycles. The van der Waals surface area contributed by atoms with Crippen LogP contribution in [0.2, 0.25) is 0 Å². The van der Waals surface area contributed by atoms with Crippen LogP contribution >= 0.6 is 0 Å². The summed E-state index contributed by atoms with van der Waals surface area (Å²) in [6, 6.07) is 11.4. The largest absolute Gasteiger partial charge is 0.488 e. The van der Waals surface area contributed by atoms with Gasteiger partial charge in [0.05, 0.1) is 12.1 Å². The molecule has 30 heavy (non-hydrogen) atoms. The maximum Gasteiger partial charge on any atom is 0.169 e. The fraction of sp³-hybridized carbons (Fsp3) is 0.375. The van der Waals surface area contributed by atoms with Crippen LogP contribution in [0.4, 0.5) is 5.82 Å². The number of nitrogens with one attached hydrogen (secondary N) is 1. The molecule has 0 bridgehead atoms. The highest BCUT2D eigenvalue weighted by Gasteiger charge is 2.26. The van der Waals surface area contributed by atoms with Gasteiger partial charge in [-0.3, -0.25) is 0 Å². The average molecular weight is 399 g/mol. The van der Waals surface area contributed by atoms with E-state index < -0.39 is 0 Å². The smallest absolute Gasteiger partial charge is 0.169 e. The minimum absolute atomic E-state index is 0.554. The Morgan fingerprint density at radius 2 is 2.13 bits per heavy atom. The Hall–Kier alpha value is -3.15. The molecule has 1 fully saturated rings. The predicted octanol–water partition coefficient (Wildman–Crippen LogP) is 4.76. The van der Waals surface area contributed by atoms with Gasteiger partial charge in [0.15, 0.2) is 11.6 Å². The summed E-state index contributed by atoms with van der Waals surface area (Å²) in [6.45, 7) is 1.52. The van der Waals surface area contributed by atoms with Crippen molar-refractivity contribution in [2.75, 3.05) is 18.5 Å². The van der Waals surface area contributed by atoms with Crippen molar-refractivity contribution >= 4 is 27.8 Å². The number of nitrogens with zero attached hydrogens (tertiary/aromatic N) is 4. The van der Waals surface area contributed by atoms with Crippen molar-refractivity contribution in [1.29, 1.82) is 0 Å². The van der Waals surface area contributed by atoms with E-state index in [1.54, 1.807) is 6.33 Å². The first-order chi connectivity index (χ1) is 14.8. The zero-order chi connectivity index (χ0) is 19.9. The third kappa shape index (κ3) is 3.16. The van der Waals surface area contributed by atoms with E-state index in [4.69, 9.17) is 9.72 Å². The molecule has 1 N–H and O–H groups in total. The number of aromatic nitrogens is 4. The summed E-state index contributed by atoms with van der Waals surface area (Å²) in [7, 11) is 0. The number of pyridine rings is 1. The molecule has 0 saturated heterocycles. The van der Waals surface area contributed by atoms with Gasteiger partial charge in [-0.15, -0.1) is 0 Å². The number of rotatable bonds is 4. The van der Waals surface area contributed by atoms with Crippen molar-refractivity contribution in [3.63, 3.8) is 0 Å². The first kappa shape index (κ1) is 17.7. The van der Waals surface area contributed by atoms with Crippen molar-refractivity contribution in [2.24, 2.45) is 5.92 Å². The van der Waals surface area contributed by atoms with Gasteiger partial charge in [0.2, 0.25) is 0 Å². The van der Waals surface area contributed by atoms with Gasteiger partial charge in [-0.2, -0.15) is 0 Å². The molecule has 6 nitrogen and oxygen atoms in total. The molecule has 0 spiro atoms. The first-order valence-corrected chi connectivity index (χ1v) is 10.9. The molecule has 4 heterocycles. The summed E-state index contributed by atoms with van der Waals surface area (Å²) in [5, 5.41) is 5.61. The monoisotopic (exact) mass is 399 g/mol. The quantitative estimate of drug-likeness (QED) is 0.536. The third-order valence-corrected chi connectivity index (χ3v) is 6.63. The second-order valence-corrected chi connectivity index (χ2v) is 8.53. The SMILES string of the molecule is c1ncc2ccn(C3CCC(CCc4ccc5cc6c(nc5c4)NCCO6)C3)c2n1. The summed E-state index contributed by atoms with van der Waals surface area (Å²) in [5.41, 5.74) is 3.48. The Kier molecular flexibility index (Phi) is 4.29. The van der Waals surface area contributed by atoms with E-state index in [0.717, 1.165) is 52.4 Å². The predicted molar refractivity (Wildman–Crippen MR) is 118 cm³/mol. The van der Waals surface area contributed by atoms with Crippen LogP contribution in [0.25, 0.3) is 21.9 Å². The van der Waals surface area contributed by atoms with Gasteiger partial charge < -0.3 is 14.6 Å². The lowest BCUT2D eigenvalue weighted by molar-refractivity contribution is 0.322. The van der Waals surface area contributed by atoms with Gasteiger partial charge in [-0.25, -0.2) is 15.0 Å². The van der Waals surface area contributed by atoms with Crippen molar-refractivity contribution in [1.82, 2.24) is 19.5 Å². The topological polar surface area (TPSA) is 64.9 Å². The van der Waals surface area contributed by atoms with Crippen molar-refractivity contribution in [3.05, 3.63) is 54.6 Å². The van der Waals surface area contributed by atoms with Crippen LogP contribution in [0, 0.1) is 5.92 Å². The lowest BCUT2D eigenvalue weighted by Crippen LogP contribution is -2.18. The number of aryl methyl sites for hydroxylation is 1. The molecule has 6 rings (SSSR count). The average Bonchev–Trinajstić information content (AvgIpc) is 3.43. The molecule has 1 saturated carbocycles. The number of benzene rings is 1. The Morgan fingerprint density at radius 3 is 3.13 bits per heavy atom. The summed E-state index contributed by atoms with van der Waals surface area (Å²) in [5.74, 6) is 2.49. The van der Waals surface area contributed by atoms with Crippen LogP contribution < -0.4 is 10.1 Å². The minimum atomic E-state index is 0.554. The van der Waals surface area contributed by atoms with Crippen molar-refractivity contribution in [3.8, 4) is 5.75 Å². The summed E-state index contributed by atoms with van der Waals surface area (Å²) < 4.78 is 8.07. The van der Waals surface area contributed by atoms with E-state index in [1.807, 2.05) is 6.20 Å². The molecule has 1 aliphatic carbocycles. The number of anilines is 1. The van der Waals surface area contributed by atoms with Gasteiger partial charge in [0.1, 0.15) is 18.6 Å². The standard InChI is InChI=1S/C24H25N5O/c1(16-4-6-20(11-16)29-9-7-19-14-25-15-27-24(19)29)2-17-3-5-18-13-22-23(26-8-10-30-22)28-21(18)12-17/h3,5,7,9,12-16,20H,1-2,4,6,8,10-11H2,(H,26,28). The van der Waals surface area contributed by atoms with E-state index in [0.29, 0.717) is 12.6 Å². The van der Waals surface area contributed by atoms with Crippen LogP contribution in [0.3, 0.4) is 0 Å². The maximum atomic E-state index is 5.71. The molecule has 1 aliphatic heterocycles. The molecule has 4 aromatic rings. The molecule has 1 aromatic carbocycles. The third-order valence-electron chi connectivity index (χ3n) is 6.63. The van der Waals surface area contributed by atoms with Crippen LogP contribution in [0.5, 0.6) is 5.75 Å². The highest BCUT2D eigenvalue weighted by atomic mass is 16.5. The Balaban J connectivity index is 1.14. The van der Waals surface area contributed by atoms with Gasteiger partial charge >= 0.3 is 0 Å². The normalized spacial score (nSPS) is 20.8. The van der Waals surface area contributed by atoms with Crippen molar-refractivity contribution < 1.29 is 4.74 Å². The lowest BCUT2D eigenvalue weighted by Gasteiger charge is -2.18. The lowest BCUT2D eigenvalue weighted by atomic mass is 9.97. The molecule has 0 amide bonds. The van der Waals surface area contributed by atoms with E-state index in [2.05, 4.69) is 56.4 Å². The van der Waals surface area contributed by atoms with Gasteiger partial charge in [0.25, 0.3) is 0 Å². The van der Waals surface area contributed by atoms with Gasteiger partial charge in [-0.05, 0) is 61.8 Å². The molecule has 0 radical (unpaired) electrons. The second-order valence-electron chi connectivity index (χ2n) is 8.53. The first-order valence-electron chi connectivity index (χ1n) is 10.9.